The zero-order chi connectivity index (χ0) is 27.9. The number of benzene rings is 3. The highest BCUT2D eigenvalue weighted by atomic mass is 35.5. The molecule has 7 nitrogen and oxygen atoms in total. The second-order valence-corrected chi connectivity index (χ2v) is 11.0. The van der Waals surface area contributed by atoms with Gasteiger partial charge in [0, 0.05) is 18.1 Å². The topological polar surface area (TPSA) is 86.8 Å². The SMILES string of the molecule is CCNC(=O)[C@H](CC)N(Cc1ccc(Cl)cc1)C(=O)CN(c1ccccc1F)S(=O)(=O)c1ccc(C)cc1. The highest BCUT2D eigenvalue weighted by Crippen LogP contribution is 2.27. The number of para-hydroxylation sites is 1. The Bertz CT molecular complexity index is 1370. The summed E-state index contributed by atoms with van der Waals surface area (Å²) in [4.78, 5) is 28.0. The summed E-state index contributed by atoms with van der Waals surface area (Å²) in [6.07, 6.45) is 0.287. The predicted octanol–water partition coefficient (Wildman–Crippen LogP) is 4.93. The lowest BCUT2D eigenvalue weighted by Crippen LogP contribution is -2.52. The molecule has 3 aromatic rings. The third-order valence-corrected chi connectivity index (χ3v) is 8.04. The molecule has 3 aromatic carbocycles. The lowest BCUT2D eigenvalue weighted by molar-refractivity contribution is -0.140. The van der Waals surface area contributed by atoms with E-state index < -0.39 is 34.3 Å². The number of nitrogens with one attached hydrogen (secondary N) is 1. The summed E-state index contributed by atoms with van der Waals surface area (Å²) in [5.74, 6) is -1.82. The number of hydrogen-bond acceptors (Lipinski definition) is 4. The van der Waals surface area contributed by atoms with Gasteiger partial charge in [-0.05, 0) is 62.2 Å². The van der Waals surface area contributed by atoms with Gasteiger partial charge in [0.05, 0.1) is 10.6 Å². The van der Waals surface area contributed by atoms with Gasteiger partial charge in [-0.25, -0.2) is 12.8 Å². The van der Waals surface area contributed by atoms with Crippen molar-refractivity contribution in [2.24, 2.45) is 0 Å². The number of rotatable bonds is 11. The van der Waals surface area contributed by atoms with E-state index in [0.717, 1.165) is 15.9 Å². The van der Waals surface area contributed by atoms with E-state index in [0.29, 0.717) is 17.1 Å². The average Bonchev–Trinajstić information content (AvgIpc) is 2.89. The number of sulfonamides is 1. The number of hydrogen-bond donors (Lipinski definition) is 1. The summed E-state index contributed by atoms with van der Waals surface area (Å²) >= 11 is 6.01. The number of carbonyl (C=O) groups excluding carboxylic acids is 2. The molecule has 1 atom stereocenters. The van der Waals surface area contributed by atoms with Crippen molar-refractivity contribution in [3.63, 3.8) is 0 Å². The molecule has 0 spiro atoms. The van der Waals surface area contributed by atoms with Crippen LogP contribution < -0.4 is 9.62 Å². The molecule has 38 heavy (non-hydrogen) atoms. The van der Waals surface area contributed by atoms with E-state index in [4.69, 9.17) is 11.6 Å². The van der Waals surface area contributed by atoms with E-state index in [-0.39, 0.29) is 29.5 Å². The first-order valence-electron chi connectivity index (χ1n) is 12.2. The van der Waals surface area contributed by atoms with Crippen molar-refractivity contribution in [2.45, 2.75) is 44.7 Å². The van der Waals surface area contributed by atoms with Crippen molar-refractivity contribution < 1.29 is 22.4 Å². The molecule has 0 saturated carbocycles. The van der Waals surface area contributed by atoms with Gasteiger partial charge in [-0.2, -0.15) is 0 Å². The summed E-state index contributed by atoms with van der Waals surface area (Å²) in [6.45, 7) is 5.03. The largest absolute Gasteiger partial charge is 0.355 e. The van der Waals surface area contributed by atoms with E-state index in [1.54, 1.807) is 50.2 Å². The van der Waals surface area contributed by atoms with Crippen LogP contribution in [-0.2, 0) is 26.2 Å². The van der Waals surface area contributed by atoms with Crippen LogP contribution in [0.15, 0.2) is 77.7 Å². The first-order chi connectivity index (χ1) is 18.1. The van der Waals surface area contributed by atoms with Crippen LogP contribution in [0.5, 0.6) is 0 Å². The minimum atomic E-state index is -4.34. The number of likely N-dealkylation sites (N-methyl/N-ethyl adjacent to an activating group) is 1. The first kappa shape index (κ1) is 29.1. The molecule has 0 aliphatic carbocycles. The van der Waals surface area contributed by atoms with Gasteiger partial charge in [0.2, 0.25) is 11.8 Å². The van der Waals surface area contributed by atoms with E-state index >= 15 is 0 Å². The Morgan fingerprint density at radius 2 is 1.61 bits per heavy atom. The number of anilines is 1. The molecule has 0 aromatic heterocycles. The number of carbonyl (C=O) groups is 2. The zero-order valence-corrected chi connectivity index (χ0v) is 23.1. The highest BCUT2D eigenvalue weighted by Gasteiger charge is 2.34. The molecule has 0 radical (unpaired) electrons. The number of halogens is 2. The van der Waals surface area contributed by atoms with Crippen LogP contribution in [0, 0.1) is 12.7 Å². The zero-order valence-electron chi connectivity index (χ0n) is 21.5. The Morgan fingerprint density at radius 1 is 0.974 bits per heavy atom. The maximum absolute atomic E-state index is 14.9. The highest BCUT2D eigenvalue weighted by molar-refractivity contribution is 7.92. The monoisotopic (exact) mass is 559 g/mol. The smallest absolute Gasteiger partial charge is 0.264 e. The molecule has 0 aliphatic heterocycles. The van der Waals surface area contributed by atoms with Gasteiger partial charge in [0.1, 0.15) is 18.4 Å². The predicted molar refractivity (Wildman–Crippen MR) is 147 cm³/mol. The second kappa shape index (κ2) is 12.9. The Hall–Kier alpha value is -3.43. The molecule has 0 aliphatic rings. The average molecular weight is 560 g/mol. The molecule has 0 fully saturated rings. The van der Waals surface area contributed by atoms with Gasteiger partial charge >= 0.3 is 0 Å². The van der Waals surface area contributed by atoms with Crippen LogP contribution in [-0.4, -0.2) is 44.3 Å². The lowest BCUT2D eigenvalue weighted by Gasteiger charge is -2.33. The first-order valence-corrected chi connectivity index (χ1v) is 14.1. The lowest BCUT2D eigenvalue weighted by atomic mass is 10.1. The quantitative estimate of drug-likeness (QED) is 0.361. The fourth-order valence-corrected chi connectivity index (χ4v) is 5.55. The van der Waals surface area contributed by atoms with Gasteiger partial charge in [0.15, 0.2) is 0 Å². The van der Waals surface area contributed by atoms with Crippen LogP contribution in [0.3, 0.4) is 0 Å². The van der Waals surface area contributed by atoms with Gasteiger partial charge in [-0.15, -0.1) is 0 Å². The Balaban J connectivity index is 2.06. The van der Waals surface area contributed by atoms with Crippen LogP contribution in [0.2, 0.25) is 5.02 Å². The van der Waals surface area contributed by atoms with E-state index in [1.807, 2.05) is 6.92 Å². The molecule has 0 bridgehead atoms. The van der Waals surface area contributed by atoms with Crippen molar-refractivity contribution in [3.8, 4) is 0 Å². The Morgan fingerprint density at radius 3 is 2.18 bits per heavy atom. The molecular formula is C28H31ClFN3O4S. The van der Waals surface area contributed by atoms with E-state index in [2.05, 4.69) is 5.32 Å². The third kappa shape index (κ3) is 6.90. The maximum Gasteiger partial charge on any atom is 0.264 e. The fraction of sp³-hybridized carbons (Fsp3) is 0.286. The Kier molecular flexibility index (Phi) is 9.88. The van der Waals surface area contributed by atoms with E-state index in [9.17, 15) is 22.4 Å². The van der Waals surface area contributed by atoms with Gasteiger partial charge < -0.3 is 10.2 Å². The molecule has 202 valence electrons. The molecule has 3 rings (SSSR count). The van der Waals surface area contributed by atoms with Crippen molar-refractivity contribution in [1.29, 1.82) is 0 Å². The normalized spacial score (nSPS) is 12.0. The molecule has 0 saturated heterocycles. The van der Waals surface area contributed by atoms with Gasteiger partial charge in [-0.3, -0.25) is 13.9 Å². The molecule has 0 unspecified atom stereocenters. The minimum absolute atomic E-state index is 0.0291. The second-order valence-electron chi connectivity index (χ2n) is 8.74. The van der Waals surface area contributed by atoms with Gasteiger partial charge in [-0.1, -0.05) is 60.5 Å². The minimum Gasteiger partial charge on any atom is -0.355 e. The van der Waals surface area contributed by atoms with Crippen molar-refractivity contribution in [2.75, 3.05) is 17.4 Å². The summed E-state index contributed by atoms with van der Waals surface area (Å²) in [6, 6.07) is 17.4. The number of aryl methyl sites for hydroxylation is 1. The molecular weight excluding hydrogens is 529 g/mol. The van der Waals surface area contributed by atoms with Gasteiger partial charge in [0.25, 0.3) is 10.0 Å². The number of amides is 2. The Labute approximate surface area is 228 Å². The number of nitrogens with zero attached hydrogens (tertiary/aromatic N) is 2. The molecule has 0 heterocycles. The van der Waals surface area contributed by atoms with Crippen LogP contribution in [0.4, 0.5) is 10.1 Å². The van der Waals surface area contributed by atoms with Crippen molar-refractivity contribution in [1.82, 2.24) is 10.2 Å². The van der Waals surface area contributed by atoms with Crippen LogP contribution >= 0.6 is 11.6 Å². The standard InChI is InChI=1S/C28H31ClFN3O4S/c1-4-25(28(35)31-5-2)32(18-21-12-14-22(29)15-13-21)27(34)19-33(26-9-7-6-8-24(26)30)38(36,37)23-16-10-20(3)11-17-23/h6-17,25H,4-5,18-19H2,1-3H3,(H,31,35)/t25-/m0/s1. The van der Waals surface area contributed by atoms with Crippen LogP contribution in [0.1, 0.15) is 31.4 Å². The molecule has 10 heteroatoms. The summed E-state index contributed by atoms with van der Waals surface area (Å²) in [7, 11) is -4.34. The third-order valence-electron chi connectivity index (χ3n) is 6.01. The fourth-order valence-electron chi connectivity index (χ4n) is 4.00. The van der Waals surface area contributed by atoms with Crippen molar-refractivity contribution in [3.05, 3.63) is 94.8 Å². The van der Waals surface area contributed by atoms with E-state index in [1.165, 1.54) is 35.2 Å². The summed E-state index contributed by atoms with van der Waals surface area (Å²) in [5, 5.41) is 3.25. The summed E-state index contributed by atoms with van der Waals surface area (Å²) < 4.78 is 43.1. The maximum atomic E-state index is 14.9. The van der Waals surface area contributed by atoms with Crippen LogP contribution in [0.25, 0.3) is 0 Å². The summed E-state index contributed by atoms with van der Waals surface area (Å²) in [5.41, 5.74) is 1.28. The molecule has 1 N–H and O–H groups in total. The van der Waals surface area contributed by atoms with Crippen molar-refractivity contribution >= 4 is 39.1 Å². The molecule has 2 amide bonds.